The van der Waals surface area contributed by atoms with E-state index in [4.69, 9.17) is 4.74 Å². The SMILES string of the molecule is COC(=O)CCC(C)NC(=O)OC(C)(C)C. The first kappa shape index (κ1) is 14.7. The highest BCUT2D eigenvalue weighted by Crippen LogP contribution is 2.07. The van der Waals surface area contributed by atoms with Crippen LogP contribution in [0.1, 0.15) is 40.5 Å². The number of amides is 1. The fourth-order valence-corrected chi connectivity index (χ4v) is 1.02. The maximum Gasteiger partial charge on any atom is 0.407 e. The number of alkyl carbamates (subject to hydrolysis) is 1. The van der Waals surface area contributed by atoms with Gasteiger partial charge >= 0.3 is 12.1 Å². The van der Waals surface area contributed by atoms with Gasteiger partial charge in [-0.25, -0.2) is 4.79 Å². The fourth-order valence-electron chi connectivity index (χ4n) is 1.02. The Hall–Kier alpha value is -1.26. The number of carbonyl (C=O) groups excluding carboxylic acids is 2. The van der Waals surface area contributed by atoms with Crippen LogP contribution in [0.25, 0.3) is 0 Å². The normalized spacial score (nSPS) is 12.8. The van der Waals surface area contributed by atoms with Gasteiger partial charge in [0.05, 0.1) is 7.11 Å². The summed E-state index contributed by atoms with van der Waals surface area (Å²) in [6, 6.07) is -0.117. The zero-order chi connectivity index (χ0) is 12.8. The molecule has 94 valence electrons. The number of carbonyl (C=O) groups is 2. The van der Waals surface area contributed by atoms with Crippen molar-refractivity contribution in [2.24, 2.45) is 0 Å². The van der Waals surface area contributed by atoms with Crippen molar-refractivity contribution in [1.82, 2.24) is 5.32 Å². The lowest BCUT2D eigenvalue weighted by Crippen LogP contribution is -2.37. The standard InChI is InChI=1S/C11H21NO4/c1-8(6-7-9(13)15-5)12-10(14)16-11(2,3)4/h8H,6-7H2,1-5H3,(H,12,14). The second kappa shape index (κ2) is 6.35. The predicted octanol–water partition coefficient (Wildman–Crippen LogP) is 1.85. The second-order valence-electron chi connectivity index (χ2n) is 4.66. The number of nitrogens with one attached hydrogen (secondary N) is 1. The van der Waals surface area contributed by atoms with Gasteiger partial charge in [-0.3, -0.25) is 4.79 Å². The summed E-state index contributed by atoms with van der Waals surface area (Å²) in [5, 5.41) is 2.65. The van der Waals surface area contributed by atoms with E-state index in [9.17, 15) is 9.59 Å². The van der Waals surface area contributed by atoms with Gasteiger partial charge in [-0.15, -0.1) is 0 Å². The van der Waals surface area contributed by atoms with Crippen molar-refractivity contribution in [3.63, 3.8) is 0 Å². The van der Waals surface area contributed by atoms with Crippen molar-refractivity contribution in [3.05, 3.63) is 0 Å². The molecule has 0 aromatic rings. The molecule has 5 heteroatoms. The molecule has 0 aliphatic rings. The molecule has 0 aliphatic heterocycles. The molecule has 0 heterocycles. The van der Waals surface area contributed by atoms with E-state index in [2.05, 4.69) is 10.1 Å². The molecule has 0 fully saturated rings. The minimum Gasteiger partial charge on any atom is -0.469 e. The molecule has 1 atom stereocenters. The number of methoxy groups -OCH3 is 1. The quantitative estimate of drug-likeness (QED) is 0.750. The number of hydrogen-bond acceptors (Lipinski definition) is 4. The maximum absolute atomic E-state index is 11.3. The molecule has 0 radical (unpaired) electrons. The van der Waals surface area contributed by atoms with Gasteiger partial charge in [-0.2, -0.15) is 0 Å². The minimum absolute atomic E-state index is 0.117. The van der Waals surface area contributed by atoms with Gasteiger partial charge in [0.25, 0.3) is 0 Å². The number of rotatable bonds is 4. The highest BCUT2D eigenvalue weighted by molar-refractivity contribution is 5.70. The second-order valence-corrected chi connectivity index (χ2v) is 4.66. The Kier molecular flexibility index (Phi) is 5.85. The third kappa shape index (κ3) is 8.08. The Morgan fingerprint density at radius 2 is 1.88 bits per heavy atom. The van der Waals surface area contributed by atoms with E-state index in [-0.39, 0.29) is 18.4 Å². The third-order valence-electron chi connectivity index (χ3n) is 1.77. The molecule has 1 N–H and O–H groups in total. The lowest BCUT2D eigenvalue weighted by atomic mass is 10.2. The summed E-state index contributed by atoms with van der Waals surface area (Å²) in [5.74, 6) is -0.280. The van der Waals surface area contributed by atoms with E-state index < -0.39 is 11.7 Å². The topological polar surface area (TPSA) is 64.6 Å². The van der Waals surface area contributed by atoms with Crippen LogP contribution in [-0.2, 0) is 14.3 Å². The molecular weight excluding hydrogens is 210 g/mol. The Morgan fingerprint density at radius 1 is 1.31 bits per heavy atom. The van der Waals surface area contributed by atoms with Gasteiger partial charge in [-0.05, 0) is 34.1 Å². The lowest BCUT2D eigenvalue weighted by molar-refractivity contribution is -0.140. The van der Waals surface area contributed by atoms with Crippen LogP contribution in [0.3, 0.4) is 0 Å². The monoisotopic (exact) mass is 231 g/mol. The van der Waals surface area contributed by atoms with E-state index >= 15 is 0 Å². The van der Waals surface area contributed by atoms with Crippen LogP contribution >= 0.6 is 0 Å². The van der Waals surface area contributed by atoms with Crippen LogP contribution in [-0.4, -0.2) is 30.8 Å². The zero-order valence-electron chi connectivity index (χ0n) is 10.6. The summed E-state index contributed by atoms with van der Waals surface area (Å²) in [7, 11) is 1.34. The maximum atomic E-state index is 11.3. The van der Waals surface area contributed by atoms with Crippen molar-refractivity contribution < 1.29 is 19.1 Å². The summed E-state index contributed by atoms with van der Waals surface area (Å²) >= 11 is 0. The van der Waals surface area contributed by atoms with Gasteiger partial charge < -0.3 is 14.8 Å². The molecule has 0 spiro atoms. The smallest absolute Gasteiger partial charge is 0.407 e. The number of ether oxygens (including phenoxy) is 2. The summed E-state index contributed by atoms with van der Waals surface area (Å²) in [6.07, 6.45) is 0.351. The molecule has 0 saturated carbocycles. The van der Waals surface area contributed by atoms with E-state index in [1.807, 2.05) is 6.92 Å². The van der Waals surface area contributed by atoms with E-state index in [0.29, 0.717) is 6.42 Å². The molecule has 0 aliphatic carbocycles. The van der Waals surface area contributed by atoms with Crippen LogP contribution in [0.4, 0.5) is 4.79 Å². The van der Waals surface area contributed by atoms with Crippen molar-refractivity contribution in [1.29, 1.82) is 0 Å². The number of esters is 1. The van der Waals surface area contributed by atoms with E-state index in [1.165, 1.54) is 7.11 Å². The van der Waals surface area contributed by atoms with Crippen LogP contribution in [0, 0.1) is 0 Å². The molecule has 0 rings (SSSR count). The van der Waals surface area contributed by atoms with Crippen LogP contribution in [0.15, 0.2) is 0 Å². The first-order valence-electron chi connectivity index (χ1n) is 5.31. The molecule has 0 aromatic carbocycles. The molecular formula is C11H21NO4. The van der Waals surface area contributed by atoms with Gasteiger partial charge in [0.2, 0.25) is 0 Å². The number of hydrogen-bond donors (Lipinski definition) is 1. The Labute approximate surface area is 96.5 Å². The molecule has 1 amide bonds. The molecule has 0 aromatic heterocycles. The van der Waals surface area contributed by atoms with Gasteiger partial charge in [0.1, 0.15) is 5.60 Å². The fraction of sp³-hybridized carbons (Fsp3) is 0.818. The van der Waals surface area contributed by atoms with Crippen LogP contribution in [0.2, 0.25) is 0 Å². The summed E-state index contributed by atoms with van der Waals surface area (Å²) < 4.78 is 9.58. The van der Waals surface area contributed by atoms with Gasteiger partial charge in [-0.1, -0.05) is 0 Å². The Morgan fingerprint density at radius 3 is 2.31 bits per heavy atom. The highest BCUT2D eigenvalue weighted by Gasteiger charge is 2.17. The van der Waals surface area contributed by atoms with Crippen LogP contribution < -0.4 is 5.32 Å². The van der Waals surface area contributed by atoms with E-state index in [0.717, 1.165) is 0 Å². The van der Waals surface area contributed by atoms with Crippen molar-refractivity contribution in [3.8, 4) is 0 Å². The largest absolute Gasteiger partial charge is 0.469 e. The van der Waals surface area contributed by atoms with Gasteiger partial charge in [0.15, 0.2) is 0 Å². The van der Waals surface area contributed by atoms with E-state index in [1.54, 1.807) is 20.8 Å². The zero-order valence-corrected chi connectivity index (χ0v) is 10.6. The Balaban J connectivity index is 3.83. The molecule has 0 saturated heterocycles. The summed E-state index contributed by atoms with van der Waals surface area (Å²) in [4.78, 5) is 22.2. The average Bonchev–Trinajstić information content (AvgIpc) is 2.10. The average molecular weight is 231 g/mol. The summed E-state index contributed by atoms with van der Waals surface area (Å²) in [5.41, 5.74) is -0.508. The molecule has 1 unspecified atom stereocenters. The van der Waals surface area contributed by atoms with Crippen LogP contribution in [0.5, 0.6) is 0 Å². The molecule has 5 nitrogen and oxygen atoms in total. The third-order valence-corrected chi connectivity index (χ3v) is 1.77. The lowest BCUT2D eigenvalue weighted by Gasteiger charge is -2.21. The highest BCUT2D eigenvalue weighted by atomic mass is 16.6. The van der Waals surface area contributed by atoms with Gasteiger partial charge in [0, 0.05) is 12.5 Å². The van der Waals surface area contributed by atoms with Crippen molar-refractivity contribution in [2.45, 2.75) is 52.2 Å². The first-order chi connectivity index (χ1) is 7.24. The van der Waals surface area contributed by atoms with Crippen molar-refractivity contribution in [2.75, 3.05) is 7.11 Å². The molecule has 16 heavy (non-hydrogen) atoms. The minimum atomic E-state index is -0.508. The predicted molar refractivity (Wildman–Crippen MR) is 60.1 cm³/mol. The van der Waals surface area contributed by atoms with Crippen molar-refractivity contribution >= 4 is 12.1 Å². The first-order valence-corrected chi connectivity index (χ1v) is 5.31. The Bertz CT molecular complexity index is 245. The summed E-state index contributed by atoms with van der Waals surface area (Å²) in [6.45, 7) is 7.20. The molecule has 0 bridgehead atoms.